The lowest BCUT2D eigenvalue weighted by Crippen LogP contribution is -2.57. The summed E-state index contributed by atoms with van der Waals surface area (Å²) in [5, 5.41) is 0.931. The largest absolute Gasteiger partial charge is 0.336 e. The topological polar surface area (TPSA) is 23.6 Å². The summed E-state index contributed by atoms with van der Waals surface area (Å²) in [6.07, 6.45) is 2.09. The molecule has 142 valence electrons. The second-order valence-electron chi connectivity index (χ2n) is 7.32. The van der Waals surface area contributed by atoms with Gasteiger partial charge in [-0.05, 0) is 48.6 Å². The fourth-order valence-corrected chi connectivity index (χ4v) is 4.60. The van der Waals surface area contributed by atoms with Crippen molar-refractivity contribution in [3.63, 3.8) is 0 Å². The van der Waals surface area contributed by atoms with E-state index < -0.39 is 5.82 Å². The highest BCUT2D eigenvalue weighted by Gasteiger charge is 2.35. The molecule has 2 heterocycles. The van der Waals surface area contributed by atoms with Crippen LogP contribution in [0.2, 0.25) is 10.0 Å². The van der Waals surface area contributed by atoms with Crippen molar-refractivity contribution >= 4 is 29.1 Å². The molecule has 2 saturated heterocycles. The number of carbonyl (C=O) groups is 1. The van der Waals surface area contributed by atoms with E-state index in [1.807, 2.05) is 12.1 Å². The molecule has 4 rings (SSSR count). The highest BCUT2D eigenvalue weighted by molar-refractivity contribution is 6.33. The van der Waals surface area contributed by atoms with E-state index in [2.05, 4.69) is 17.0 Å². The summed E-state index contributed by atoms with van der Waals surface area (Å²) in [4.78, 5) is 17.0. The molecule has 6 heteroatoms. The van der Waals surface area contributed by atoms with Gasteiger partial charge in [-0.1, -0.05) is 41.4 Å². The standard InChI is InChI=1S/C21H21Cl2FN2O/c22-16-7-4-14(5-8-16)15-6-9-17-13-26(11-10-25(17)12-15)21(27)20-18(23)2-1-3-19(20)24/h1-5,7-8,15,17H,6,9-13H2/t15-,17+/m0/s1. The monoisotopic (exact) mass is 406 g/mol. The van der Waals surface area contributed by atoms with Crippen LogP contribution in [0.5, 0.6) is 0 Å². The third-order valence-electron chi connectivity index (χ3n) is 5.71. The van der Waals surface area contributed by atoms with E-state index in [4.69, 9.17) is 23.2 Å². The smallest absolute Gasteiger partial charge is 0.258 e. The van der Waals surface area contributed by atoms with Gasteiger partial charge in [-0.15, -0.1) is 0 Å². The third kappa shape index (κ3) is 3.84. The van der Waals surface area contributed by atoms with Crippen LogP contribution in [-0.4, -0.2) is 47.9 Å². The van der Waals surface area contributed by atoms with Gasteiger partial charge in [0.15, 0.2) is 0 Å². The quantitative estimate of drug-likeness (QED) is 0.712. The van der Waals surface area contributed by atoms with Gasteiger partial charge in [-0.2, -0.15) is 0 Å². The zero-order chi connectivity index (χ0) is 19.0. The Morgan fingerprint density at radius 2 is 1.78 bits per heavy atom. The minimum Gasteiger partial charge on any atom is -0.336 e. The highest BCUT2D eigenvalue weighted by Crippen LogP contribution is 2.33. The van der Waals surface area contributed by atoms with Gasteiger partial charge in [0, 0.05) is 37.2 Å². The van der Waals surface area contributed by atoms with Crippen LogP contribution in [0.3, 0.4) is 0 Å². The lowest BCUT2D eigenvalue weighted by atomic mass is 9.86. The molecular weight excluding hydrogens is 386 g/mol. The molecule has 0 aromatic heterocycles. The average molecular weight is 407 g/mol. The molecule has 2 atom stereocenters. The molecule has 2 aliphatic rings. The molecule has 0 bridgehead atoms. The number of hydrogen-bond donors (Lipinski definition) is 0. The fraction of sp³-hybridized carbons (Fsp3) is 0.381. The van der Waals surface area contributed by atoms with E-state index >= 15 is 0 Å². The molecule has 0 N–H and O–H groups in total. The van der Waals surface area contributed by atoms with Crippen LogP contribution in [0.15, 0.2) is 42.5 Å². The molecule has 0 saturated carbocycles. The number of rotatable bonds is 2. The van der Waals surface area contributed by atoms with Crippen molar-refractivity contribution in [1.29, 1.82) is 0 Å². The van der Waals surface area contributed by atoms with E-state index in [1.54, 1.807) is 11.0 Å². The van der Waals surface area contributed by atoms with Gasteiger partial charge in [-0.25, -0.2) is 4.39 Å². The van der Waals surface area contributed by atoms with Crippen LogP contribution in [0.25, 0.3) is 0 Å². The van der Waals surface area contributed by atoms with Crippen LogP contribution in [0.1, 0.15) is 34.7 Å². The number of piperazine rings is 1. The van der Waals surface area contributed by atoms with Crippen LogP contribution in [0.4, 0.5) is 4.39 Å². The molecule has 2 aliphatic heterocycles. The van der Waals surface area contributed by atoms with Gasteiger partial charge in [0.05, 0.1) is 10.6 Å². The van der Waals surface area contributed by atoms with Gasteiger partial charge in [0.1, 0.15) is 5.82 Å². The van der Waals surface area contributed by atoms with E-state index in [9.17, 15) is 9.18 Å². The number of benzene rings is 2. The molecule has 0 radical (unpaired) electrons. The van der Waals surface area contributed by atoms with Crippen molar-refractivity contribution in [3.8, 4) is 0 Å². The summed E-state index contributed by atoms with van der Waals surface area (Å²) < 4.78 is 14.1. The minimum absolute atomic E-state index is 0.0116. The average Bonchev–Trinajstić information content (AvgIpc) is 2.67. The highest BCUT2D eigenvalue weighted by atomic mass is 35.5. The molecule has 2 aromatic rings. The molecule has 0 unspecified atom stereocenters. The Balaban J connectivity index is 1.43. The van der Waals surface area contributed by atoms with Crippen LogP contribution in [0, 0.1) is 5.82 Å². The summed E-state index contributed by atoms with van der Waals surface area (Å²) >= 11 is 12.1. The van der Waals surface area contributed by atoms with Crippen LogP contribution < -0.4 is 0 Å². The first-order valence-electron chi connectivity index (χ1n) is 9.25. The SMILES string of the molecule is O=C(c1c(F)cccc1Cl)N1CCN2C[C@@H](c3ccc(Cl)cc3)CC[C@@H]2C1. The maximum absolute atomic E-state index is 14.1. The molecule has 2 fully saturated rings. The zero-order valence-electron chi connectivity index (χ0n) is 14.9. The minimum atomic E-state index is -0.554. The normalized spacial score (nSPS) is 23.1. The first kappa shape index (κ1) is 18.7. The second kappa shape index (κ2) is 7.78. The lowest BCUT2D eigenvalue weighted by molar-refractivity contribution is 0.0326. The molecule has 0 spiro atoms. The van der Waals surface area contributed by atoms with Gasteiger partial charge >= 0.3 is 0 Å². The molecule has 2 aromatic carbocycles. The number of amides is 1. The first-order valence-corrected chi connectivity index (χ1v) is 10.0. The van der Waals surface area contributed by atoms with Crippen molar-refractivity contribution in [2.45, 2.75) is 24.8 Å². The zero-order valence-corrected chi connectivity index (χ0v) is 16.4. The summed E-state index contributed by atoms with van der Waals surface area (Å²) in [5.74, 6) is -0.374. The maximum Gasteiger partial charge on any atom is 0.258 e. The summed E-state index contributed by atoms with van der Waals surface area (Å²) in [6.45, 7) is 2.99. The number of piperidine rings is 1. The fourth-order valence-electron chi connectivity index (χ4n) is 4.23. The number of fused-ring (bicyclic) bond motifs is 1. The van der Waals surface area contributed by atoms with Crippen molar-refractivity contribution in [2.75, 3.05) is 26.2 Å². The van der Waals surface area contributed by atoms with Crippen molar-refractivity contribution in [1.82, 2.24) is 9.80 Å². The molecule has 3 nitrogen and oxygen atoms in total. The van der Waals surface area contributed by atoms with Crippen LogP contribution in [-0.2, 0) is 0 Å². The van der Waals surface area contributed by atoms with Crippen molar-refractivity contribution in [2.24, 2.45) is 0 Å². The van der Waals surface area contributed by atoms with Crippen molar-refractivity contribution in [3.05, 3.63) is 69.5 Å². The molecule has 1 amide bonds. The van der Waals surface area contributed by atoms with Gasteiger partial charge < -0.3 is 4.90 Å². The Labute approximate surface area is 168 Å². The molecule has 0 aliphatic carbocycles. The summed E-state index contributed by atoms with van der Waals surface area (Å²) in [6, 6.07) is 12.8. The third-order valence-corrected chi connectivity index (χ3v) is 6.28. The Morgan fingerprint density at radius 3 is 2.52 bits per heavy atom. The number of hydrogen-bond acceptors (Lipinski definition) is 2. The second-order valence-corrected chi connectivity index (χ2v) is 8.17. The Morgan fingerprint density at radius 1 is 1.00 bits per heavy atom. The summed E-state index contributed by atoms with van der Waals surface area (Å²) in [5.41, 5.74) is 1.30. The van der Waals surface area contributed by atoms with Gasteiger partial charge in [0.25, 0.3) is 5.91 Å². The Hall–Kier alpha value is -1.62. The number of halogens is 3. The summed E-state index contributed by atoms with van der Waals surface area (Å²) in [7, 11) is 0. The lowest BCUT2D eigenvalue weighted by Gasteiger charge is -2.46. The Bertz CT molecular complexity index is 822. The molecule has 27 heavy (non-hydrogen) atoms. The predicted molar refractivity (Wildman–Crippen MR) is 106 cm³/mol. The maximum atomic E-state index is 14.1. The van der Waals surface area contributed by atoms with E-state index in [-0.39, 0.29) is 16.5 Å². The van der Waals surface area contributed by atoms with Crippen molar-refractivity contribution < 1.29 is 9.18 Å². The Kier molecular flexibility index (Phi) is 5.40. The van der Waals surface area contributed by atoms with E-state index in [0.29, 0.717) is 25.0 Å². The number of carbonyl (C=O) groups excluding carboxylic acids is 1. The molecular formula is C21H21Cl2FN2O. The van der Waals surface area contributed by atoms with Gasteiger partial charge in [-0.3, -0.25) is 9.69 Å². The number of nitrogens with zero attached hydrogens (tertiary/aromatic N) is 2. The van der Waals surface area contributed by atoms with Gasteiger partial charge in [0.2, 0.25) is 0 Å². The first-order chi connectivity index (χ1) is 13.0. The predicted octanol–water partition coefficient (Wildman–Crippen LogP) is 4.84. The van der Waals surface area contributed by atoms with E-state index in [0.717, 1.165) is 31.0 Å². The van der Waals surface area contributed by atoms with E-state index in [1.165, 1.54) is 17.7 Å². The van der Waals surface area contributed by atoms with Crippen LogP contribution >= 0.6 is 23.2 Å².